The van der Waals surface area contributed by atoms with Crippen molar-refractivity contribution in [2.75, 3.05) is 13.1 Å². The van der Waals surface area contributed by atoms with Gasteiger partial charge < -0.3 is 10.4 Å². The topological polar surface area (TPSA) is 98.7 Å². The number of nitrogens with one attached hydrogen (secondary N) is 2. The van der Waals surface area contributed by atoms with Gasteiger partial charge in [-0.3, -0.25) is 19.8 Å². The Kier molecular flexibility index (Phi) is 7.40. The van der Waals surface area contributed by atoms with E-state index in [0.29, 0.717) is 19.5 Å². The number of rotatable bonds is 4. The fourth-order valence-electron chi connectivity index (χ4n) is 2.09. The van der Waals surface area contributed by atoms with E-state index in [-0.39, 0.29) is 12.4 Å². The molecule has 1 aliphatic heterocycles. The number of amides is 3. The highest BCUT2D eigenvalue weighted by Crippen LogP contribution is 2.20. The molecule has 0 spiro atoms. The molecule has 0 bridgehead atoms. The molecule has 1 rings (SSSR count). The van der Waals surface area contributed by atoms with Crippen LogP contribution in [0, 0.1) is 0 Å². The number of urea groups is 1. The van der Waals surface area contributed by atoms with Gasteiger partial charge in [-0.15, -0.1) is 12.4 Å². The Bertz CT molecular complexity index is 351. The number of carbonyl (C=O) groups excluding carboxylic acids is 2. The first-order chi connectivity index (χ1) is 8.47. The standard InChI is InChI=1S/C11H19N3O4.ClH/c1-3-12-11(18)13-9(15)7(2)14-6-4-5-8(14)10(16)17;/h7-8H,3-6H2,1-2H3,(H,16,17)(H2,12,13,15,18);1H/t7?,8-;/m0./s1. The summed E-state index contributed by atoms with van der Waals surface area (Å²) in [6.45, 7) is 4.33. The van der Waals surface area contributed by atoms with Gasteiger partial charge in [0, 0.05) is 6.54 Å². The predicted molar refractivity (Wildman–Crippen MR) is 71.3 cm³/mol. The third-order valence-corrected chi connectivity index (χ3v) is 3.03. The Labute approximate surface area is 118 Å². The average Bonchev–Trinajstić information content (AvgIpc) is 2.76. The lowest BCUT2D eigenvalue weighted by atomic mass is 10.2. The Morgan fingerprint density at radius 3 is 2.58 bits per heavy atom. The van der Waals surface area contributed by atoms with E-state index in [1.54, 1.807) is 18.7 Å². The molecular formula is C11H20ClN3O4. The van der Waals surface area contributed by atoms with Crippen LogP contribution in [0.2, 0.25) is 0 Å². The predicted octanol–water partition coefficient (Wildman–Crippen LogP) is 0.191. The third-order valence-electron chi connectivity index (χ3n) is 3.03. The maximum atomic E-state index is 11.8. The summed E-state index contributed by atoms with van der Waals surface area (Å²) < 4.78 is 0. The van der Waals surface area contributed by atoms with Gasteiger partial charge >= 0.3 is 12.0 Å². The number of halogens is 1. The summed E-state index contributed by atoms with van der Waals surface area (Å²) in [4.78, 5) is 35.6. The molecule has 3 amide bonds. The van der Waals surface area contributed by atoms with Crippen LogP contribution in [0.4, 0.5) is 4.79 Å². The van der Waals surface area contributed by atoms with Gasteiger partial charge in [-0.2, -0.15) is 0 Å². The zero-order valence-electron chi connectivity index (χ0n) is 11.0. The van der Waals surface area contributed by atoms with E-state index in [1.807, 2.05) is 0 Å². The second kappa shape index (κ2) is 7.96. The first-order valence-electron chi connectivity index (χ1n) is 6.04. The van der Waals surface area contributed by atoms with Crippen LogP contribution in [-0.2, 0) is 9.59 Å². The van der Waals surface area contributed by atoms with Crippen molar-refractivity contribution in [2.45, 2.75) is 38.8 Å². The first-order valence-corrected chi connectivity index (χ1v) is 6.04. The van der Waals surface area contributed by atoms with Crippen LogP contribution < -0.4 is 10.6 Å². The van der Waals surface area contributed by atoms with Gasteiger partial charge in [0.1, 0.15) is 6.04 Å². The molecule has 7 nitrogen and oxygen atoms in total. The van der Waals surface area contributed by atoms with Crippen molar-refractivity contribution in [3.05, 3.63) is 0 Å². The largest absolute Gasteiger partial charge is 0.480 e. The molecule has 1 heterocycles. The maximum absolute atomic E-state index is 11.8. The normalized spacial score (nSPS) is 20.2. The Morgan fingerprint density at radius 1 is 1.42 bits per heavy atom. The van der Waals surface area contributed by atoms with Crippen molar-refractivity contribution in [3.8, 4) is 0 Å². The van der Waals surface area contributed by atoms with E-state index in [2.05, 4.69) is 10.6 Å². The minimum absolute atomic E-state index is 0. The number of likely N-dealkylation sites (tertiary alicyclic amines) is 1. The molecule has 0 aromatic rings. The van der Waals surface area contributed by atoms with Crippen LogP contribution in [0.25, 0.3) is 0 Å². The van der Waals surface area contributed by atoms with E-state index < -0.39 is 30.0 Å². The quantitative estimate of drug-likeness (QED) is 0.687. The molecule has 1 unspecified atom stereocenters. The fourth-order valence-corrected chi connectivity index (χ4v) is 2.09. The molecular weight excluding hydrogens is 274 g/mol. The highest BCUT2D eigenvalue weighted by atomic mass is 35.5. The highest BCUT2D eigenvalue weighted by molar-refractivity contribution is 5.97. The van der Waals surface area contributed by atoms with Crippen molar-refractivity contribution < 1.29 is 19.5 Å². The summed E-state index contributed by atoms with van der Waals surface area (Å²) in [5.74, 6) is -1.40. The third kappa shape index (κ3) is 4.68. The number of hydrogen-bond acceptors (Lipinski definition) is 4. The monoisotopic (exact) mass is 293 g/mol. The zero-order valence-corrected chi connectivity index (χ0v) is 11.8. The molecule has 1 aliphatic rings. The van der Waals surface area contributed by atoms with E-state index in [0.717, 1.165) is 6.42 Å². The van der Waals surface area contributed by atoms with E-state index in [9.17, 15) is 14.4 Å². The Balaban J connectivity index is 0.00000324. The Hall–Kier alpha value is -1.34. The van der Waals surface area contributed by atoms with Crippen molar-refractivity contribution in [1.29, 1.82) is 0 Å². The number of nitrogens with zero attached hydrogens (tertiary/aromatic N) is 1. The van der Waals surface area contributed by atoms with E-state index in [1.165, 1.54) is 0 Å². The minimum Gasteiger partial charge on any atom is -0.480 e. The van der Waals surface area contributed by atoms with Crippen molar-refractivity contribution in [3.63, 3.8) is 0 Å². The minimum atomic E-state index is -0.926. The molecule has 2 atom stereocenters. The molecule has 0 saturated carbocycles. The highest BCUT2D eigenvalue weighted by Gasteiger charge is 2.36. The van der Waals surface area contributed by atoms with Gasteiger partial charge in [0.2, 0.25) is 5.91 Å². The Morgan fingerprint density at radius 2 is 2.05 bits per heavy atom. The van der Waals surface area contributed by atoms with Crippen LogP contribution in [-0.4, -0.2) is 53.1 Å². The fraction of sp³-hybridized carbons (Fsp3) is 0.727. The van der Waals surface area contributed by atoms with Gasteiger partial charge in [-0.05, 0) is 33.2 Å². The lowest BCUT2D eigenvalue weighted by Crippen LogP contribution is -2.52. The van der Waals surface area contributed by atoms with E-state index >= 15 is 0 Å². The molecule has 0 aromatic heterocycles. The van der Waals surface area contributed by atoms with Crippen LogP contribution in [0.5, 0.6) is 0 Å². The number of hydrogen-bond donors (Lipinski definition) is 3. The lowest BCUT2D eigenvalue weighted by Gasteiger charge is -2.26. The molecule has 1 fully saturated rings. The van der Waals surface area contributed by atoms with Crippen molar-refractivity contribution in [1.82, 2.24) is 15.5 Å². The average molecular weight is 294 g/mol. The van der Waals surface area contributed by atoms with Crippen molar-refractivity contribution in [2.24, 2.45) is 0 Å². The summed E-state index contributed by atoms with van der Waals surface area (Å²) in [5.41, 5.74) is 0. The van der Waals surface area contributed by atoms with Crippen LogP contribution >= 0.6 is 12.4 Å². The van der Waals surface area contributed by atoms with Crippen molar-refractivity contribution >= 4 is 30.3 Å². The molecule has 3 N–H and O–H groups in total. The summed E-state index contributed by atoms with van der Waals surface area (Å²) in [5, 5.41) is 13.7. The van der Waals surface area contributed by atoms with Crippen LogP contribution in [0.1, 0.15) is 26.7 Å². The number of carbonyl (C=O) groups is 3. The van der Waals surface area contributed by atoms with Gasteiger partial charge in [0.15, 0.2) is 0 Å². The number of carboxylic acid groups (broad SMARTS) is 1. The molecule has 1 saturated heterocycles. The SMILES string of the molecule is CCNC(=O)NC(=O)C(C)N1CCC[C@H]1C(=O)O.Cl. The molecule has 0 radical (unpaired) electrons. The second-order valence-corrected chi connectivity index (χ2v) is 4.26. The molecule has 0 aliphatic carbocycles. The van der Waals surface area contributed by atoms with Gasteiger partial charge in [0.05, 0.1) is 6.04 Å². The van der Waals surface area contributed by atoms with Gasteiger partial charge in [-0.1, -0.05) is 0 Å². The molecule has 19 heavy (non-hydrogen) atoms. The van der Waals surface area contributed by atoms with Gasteiger partial charge in [0.25, 0.3) is 0 Å². The summed E-state index contributed by atoms with van der Waals surface area (Å²) in [6, 6.07) is -1.82. The molecule has 8 heteroatoms. The van der Waals surface area contributed by atoms with E-state index in [4.69, 9.17) is 5.11 Å². The maximum Gasteiger partial charge on any atom is 0.321 e. The lowest BCUT2D eigenvalue weighted by molar-refractivity contribution is -0.143. The first kappa shape index (κ1) is 17.7. The number of carboxylic acids is 1. The van der Waals surface area contributed by atoms with Crippen LogP contribution in [0.15, 0.2) is 0 Å². The second-order valence-electron chi connectivity index (χ2n) is 4.26. The summed E-state index contributed by atoms with van der Waals surface area (Å²) in [7, 11) is 0. The smallest absolute Gasteiger partial charge is 0.321 e. The molecule has 0 aromatic carbocycles. The van der Waals surface area contributed by atoms with Crippen LogP contribution in [0.3, 0.4) is 0 Å². The molecule has 110 valence electrons. The van der Waals surface area contributed by atoms with Gasteiger partial charge in [-0.25, -0.2) is 4.79 Å². The zero-order chi connectivity index (χ0) is 13.7. The number of imide groups is 1. The summed E-state index contributed by atoms with van der Waals surface area (Å²) >= 11 is 0. The number of aliphatic carboxylic acids is 1. The summed E-state index contributed by atoms with van der Waals surface area (Å²) in [6.07, 6.45) is 1.28.